The zero-order valence-electron chi connectivity index (χ0n) is 10.3. The standard InChI is InChI=1S/C13H26/c1-7-10(3)12(5)9-13(12,6)11(4)8-2/h10-11H,7-9H2,1-6H3. The third-order valence-corrected chi connectivity index (χ3v) is 5.31. The van der Waals surface area contributed by atoms with Crippen molar-refractivity contribution in [2.75, 3.05) is 0 Å². The highest BCUT2D eigenvalue weighted by Crippen LogP contribution is 2.71. The summed E-state index contributed by atoms with van der Waals surface area (Å²) in [5.74, 6) is 1.79. The van der Waals surface area contributed by atoms with Crippen LogP contribution < -0.4 is 0 Å². The molecule has 0 aromatic carbocycles. The van der Waals surface area contributed by atoms with Crippen LogP contribution in [0.2, 0.25) is 0 Å². The maximum Gasteiger partial charge on any atom is -0.0238 e. The van der Waals surface area contributed by atoms with Crippen LogP contribution in [0, 0.1) is 22.7 Å². The second-order valence-electron chi connectivity index (χ2n) is 5.63. The third kappa shape index (κ3) is 1.43. The SMILES string of the molecule is CCC(C)C1(C)CC1(C)C(C)CC. The van der Waals surface area contributed by atoms with Gasteiger partial charge in [-0.15, -0.1) is 0 Å². The molecule has 0 heterocycles. The van der Waals surface area contributed by atoms with Gasteiger partial charge in [0.2, 0.25) is 0 Å². The molecule has 0 bridgehead atoms. The van der Waals surface area contributed by atoms with Gasteiger partial charge in [-0.25, -0.2) is 0 Å². The van der Waals surface area contributed by atoms with Crippen LogP contribution in [0.1, 0.15) is 60.8 Å². The molecule has 0 amide bonds. The van der Waals surface area contributed by atoms with Gasteiger partial charge in [0.15, 0.2) is 0 Å². The fraction of sp³-hybridized carbons (Fsp3) is 1.00. The molecule has 0 saturated heterocycles. The number of hydrogen-bond acceptors (Lipinski definition) is 0. The van der Waals surface area contributed by atoms with Crippen molar-refractivity contribution in [2.24, 2.45) is 22.7 Å². The zero-order valence-corrected chi connectivity index (χ0v) is 10.3. The molecule has 78 valence electrons. The Morgan fingerprint density at radius 2 is 1.23 bits per heavy atom. The summed E-state index contributed by atoms with van der Waals surface area (Å²) in [4.78, 5) is 0. The first-order chi connectivity index (χ1) is 5.92. The number of hydrogen-bond donors (Lipinski definition) is 0. The quantitative estimate of drug-likeness (QED) is 0.600. The summed E-state index contributed by atoms with van der Waals surface area (Å²) >= 11 is 0. The van der Waals surface area contributed by atoms with Crippen LogP contribution in [0.15, 0.2) is 0 Å². The lowest BCUT2D eigenvalue weighted by molar-refractivity contribution is 0.205. The third-order valence-electron chi connectivity index (χ3n) is 5.31. The second kappa shape index (κ2) is 3.29. The summed E-state index contributed by atoms with van der Waals surface area (Å²) in [6.07, 6.45) is 4.12. The Morgan fingerprint density at radius 3 is 1.46 bits per heavy atom. The van der Waals surface area contributed by atoms with Gasteiger partial charge in [-0.1, -0.05) is 54.4 Å². The predicted octanol–water partition coefficient (Wildman–Crippen LogP) is 4.49. The van der Waals surface area contributed by atoms with Gasteiger partial charge in [0.1, 0.15) is 0 Å². The Morgan fingerprint density at radius 1 is 0.923 bits per heavy atom. The van der Waals surface area contributed by atoms with Crippen molar-refractivity contribution < 1.29 is 0 Å². The minimum Gasteiger partial charge on any atom is -0.0651 e. The molecular formula is C13H26. The van der Waals surface area contributed by atoms with Crippen molar-refractivity contribution in [2.45, 2.75) is 60.8 Å². The molecule has 1 saturated carbocycles. The Bertz CT molecular complexity index is 164. The van der Waals surface area contributed by atoms with E-state index >= 15 is 0 Å². The van der Waals surface area contributed by atoms with Gasteiger partial charge in [0.05, 0.1) is 0 Å². The monoisotopic (exact) mass is 182 g/mol. The maximum atomic E-state index is 2.49. The van der Waals surface area contributed by atoms with E-state index in [1.54, 1.807) is 0 Å². The second-order valence-corrected chi connectivity index (χ2v) is 5.63. The van der Waals surface area contributed by atoms with Gasteiger partial charge in [0.25, 0.3) is 0 Å². The van der Waals surface area contributed by atoms with E-state index in [1.807, 2.05) is 0 Å². The summed E-state index contributed by atoms with van der Waals surface area (Å²) in [5.41, 5.74) is 1.27. The lowest BCUT2D eigenvalue weighted by Crippen LogP contribution is -2.21. The molecule has 0 spiro atoms. The summed E-state index contributed by atoms with van der Waals surface area (Å²) in [5, 5.41) is 0. The first-order valence-corrected chi connectivity index (χ1v) is 5.92. The molecule has 0 N–H and O–H groups in total. The average molecular weight is 182 g/mol. The van der Waals surface area contributed by atoms with Gasteiger partial charge in [-0.2, -0.15) is 0 Å². The van der Waals surface area contributed by atoms with E-state index in [0.29, 0.717) is 10.8 Å². The topological polar surface area (TPSA) is 0 Å². The van der Waals surface area contributed by atoms with Crippen LogP contribution in [0.4, 0.5) is 0 Å². The van der Waals surface area contributed by atoms with Crippen LogP contribution >= 0.6 is 0 Å². The van der Waals surface area contributed by atoms with Crippen molar-refractivity contribution in [3.05, 3.63) is 0 Å². The molecular weight excluding hydrogens is 156 g/mol. The smallest absolute Gasteiger partial charge is 0.0238 e. The van der Waals surface area contributed by atoms with Gasteiger partial charge in [0, 0.05) is 0 Å². The van der Waals surface area contributed by atoms with Gasteiger partial charge >= 0.3 is 0 Å². The largest absolute Gasteiger partial charge is 0.0651 e. The number of rotatable bonds is 4. The molecule has 13 heavy (non-hydrogen) atoms. The zero-order chi connectivity index (χ0) is 10.3. The van der Waals surface area contributed by atoms with E-state index in [0.717, 1.165) is 11.8 Å². The highest BCUT2D eigenvalue weighted by molar-refractivity contribution is 5.12. The molecule has 1 aliphatic rings. The van der Waals surface area contributed by atoms with Gasteiger partial charge < -0.3 is 0 Å². The molecule has 0 nitrogen and oxygen atoms in total. The van der Waals surface area contributed by atoms with E-state index in [-0.39, 0.29) is 0 Å². The lowest BCUT2D eigenvalue weighted by atomic mass is 9.77. The van der Waals surface area contributed by atoms with E-state index in [2.05, 4.69) is 41.5 Å². The summed E-state index contributed by atoms with van der Waals surface area (Å²) in [7, 11) is 0. The van der Waals surface area contributed by atoms with Gasteiger partial charge in [-0.05, 0) is 29.1 Å². The highest BCUT2D eigenvalue weighted by atomic mass is 14.7. The van der Waals surface area contributed by atoms with Crippen molar-refractivity contribution >= 4 is 0 Å². The molecule has 0 aromatic rings. The highest BCUT2D eigenvalue weighted by Gasteiger charge is 2.64. The first-order valence-electron chi connectivity index (χ1n) is 5.92. The fourth-order valence-electron chi connectivity index (χ4n) is 3.09. The molecule has 4 atom stereocenters. The molecule has 0 heteroatoms. The molecule has 1 fully saturated rings. The Balaban J connectivity index is 2.69. The Labute approximate surface area is 84.1 Å². The van der Waals surface area contributed by atoms with Crippen molar-refractivity contribution in [3.8, 4) is 0 Å². The Kier molecular flexibility index (Phi) is 2.81. The van der Waals surface area contributed by atoms with Crippen LogP contribution in [0.25, 0.3) is 0 Å². The van der Waals surface area contributed by atoms with Crippen LogP contribution in [0.3, 0.4) is 0 Å². The molecule has 4 unspecified atom stereocenters. The summed E-state index contributed by atoms with van der Waals surface area (Å²) in [6, 6.07) is 0. The van der Waals surface area contributed by atoms with Gasteiger partial charge in [-0.3, -0.25) is 0 Å². The van der Waals surface area contributed by atoms with Crippen molar-refractivity contribution in [1.29, 1.82) is 0 Å². The average Bonchev–Trinajstić information content (AvgIpc) is 2.69. The lowest BCUT2D eigenvalue weighted by Gasteiger charge is -2.28. The predicted molar refractivity (Wildman–Crippen MR) is 59.7 cm³/mol. The van der Waals surface area contributed by atoms with Crippen molar-refractivity contribution in [1.82, 2.24) is 0 Å². The minimum absolute atomic E-state index is 0.636. The normalized spacial score (nSPS) is 42.9. The Hall–Kier alpha value is 0. The summed E-state index contributed by atoms with van der Waals surface area (Å²) in [6.45, 7) is 14.5. The van der Waals surface area contributed by atoms with Crippen LogP contribution in [-0.4, -0.2) is 0 Å². The molecule has 1 rings (SSSR count). The summed E-state index contributed by atoms with van der Waals surface area (Å²) < 4.78 is 0. The molecule has 0 radical (unpaired) electrons. The van der Waals surface area contributed by atoms with E-state index in [9.17, 15) is 0 Å². The fourth-order valence-corrected chi connectivity index (χ4v) is 3.09. The first kappa shape index (κ1) is 11.1. The van der Waals surface area contributed by atoms with Crippen LogP contribution in [-0.2, 0) is 0 Å². The minimum atomic E-state index is 0.636. The molecule has 0 aliphatic heterocycles. The van der Waals surface area contributed by atoms with E-state index < -0.39 is 0 Å². The van der Waals surface area contributed by atoms with Crippen LogP contribution in [0.5, 0.6) is 0 Å². The van der Waals surface area contributed by atoms with E-state index in [1.165, 1.54) is 19.3 Å². The maximum absolute atomic E-state index is 2.49. The molecule has 1 aliphatic carbocycles. The van der Waals surface area contributed by atoms with E-state index in [4.69, 9.17) is 0 Å². The van der Waals surface area contributed by atoms with Crippen molar-refractivity contribution in [3.63, 3.8) is 0 Å². The molecule has 0 aromatic heterocycles.